The number of nitrogens with zero attached hydrogens (tertiary/aromatic N) is 1. The van der Waals surface area contributed by atoms with Gasteiger partial charge in [0.15, 0.2) is 11.6 Å². The molecular weight excluding hydrogens is 228 g/mol. The van der Waals surface area contributed by atoms with Crippen molar-refractivity contribution in [3.05, 3.63) is 25.3 Å². The Hall–Kier alpha value is -1.29. The SMILES string of the molecule is C=CCCO.[2H]C.[2H]C[2H].[B]C(=O)N(CCC=C)C([B])=O. The third-order valence-corrected chi connectivity index (χ3v) is 1.42. The molecule has 0 rings (SSSR count). The first-order valence-electron chi connectivity index (χ1n) is 7.11. The molecule has 0 heterocycles. The third kappa shape index (κ3) is 17.1. The van der Waals surface area contributed by atoms with Gasteiger partial charge in [-0.05, 0) is 12.8 Å². The number of amides is 2. The fourth-order valence-electron chi connectivity index (χ4n) is 0.641. The van der Waals surface area contributed by atoms with Gasteiger partial charge in [0.25, 0.3) is 0 Å². The van der Waals surface area contributed by atoms with Gasteiger partial charge >= 0.3 is 0 Å². The number of imide groups is 1. The molecule has 0 atom stereocenters. The number of carbonyl (C=O) groups is 2. The van der Waals surface area contributed by atoms with Crippen LogP contribution in [-0.2, 0) is 0 Å². The van der Waals surface area contributed by atoms with Gasteiger partial charge in [0.2, 0.25) is 15.7 Å². The first kappa shape index (κ1) is 16.7. The summed E-state index contributed by atoms with van der Waals surface area (Å²) in [7, 11) is 10.7. The van der Waals surface area contributed by atoms with E-state index in [9.17, 15) is 9.59 Å². The molecule has 0 aromatic heterocycles. The van der Waals surface area contributed by atoms with E-state index in [2.05, 4.69) is 13.2 Å². The van der Waals surface area contributed by atoms with E-state index >= 15 is 0 Å². The van der Waals surface area contributed by atoms with Gasteiger partial charge in [-0.2, -0.15) is 0 Å². The van der Waals surface area contributed by atoms with E-state index in [1.165, 1.54) is 7.40 Å². The van der Waals surface area contributed by atoms with Crippen LogP contribution in [0.3, 0.4) is 0 Å². The Labute approximate surface area is 118 Å². The molecule has 0 saturated heterocycles. The zero-order valence-corrected chi connectivity index (χ0v) is 11.0. The second-order valence-electron chi connectivity index (χ2n) is 2.71. The van der Waals surface area contributed by atoms with E-state index in [-0.39, 0.29) is 20.5 Å². The van der Waals surface area contributed by atoms with Crippen LogP contribution in [0, 0.1) is 0 Å². The van der Waals surface area contributed by atoms with E-state index in [4.69, 9.17) is 24.9 Å². The fraction of sp³-hybridized carbons (Fsp3) is 0.500. The largest absolute Gasteiger partial charge is 0.396 e. The van der Waals surface area contributed by atoms with Crippen molar-refractivity contribution in [2.45, 2.75) is 27.6 Å². The molecule has 0 aliphatic carbocycles. The van der Waals surface area contributed by atoms with Crippen molar-refractivity contribution in [3.8, 4) is 0 Å². The number of aliphatic hydroxyl groups is 1. The topological polar surface area (TPSA) is 57.6 Å². The van der Waals surface area contributed by atoms with Crippen molar-refractivity contribution in [2.24, 2.45) is 0 Å². The van der Waals surface area contributed by atoms with Crippen molar-refractivity contribution in [1.82, 2.24) is 4.90 Å². The summed E-state index contributed by atoms with van der Waals surface area (Å²) in [6.45, 7) is 7.23. The van der Waals surface area contributed by atoms with Crippen molar-refractivity contribution in [2.75, 3.05) is 13.2 Å². The Morgan fingerprint density at radius 2 is 1.67 bits per heavy atom. The normalized spacial score (nSPS) is 8.89. The van der Waals surface area contributed by atoms with Crippen molar-refractivity contribution in [1.29, 1.82) is 0 Å². The summed E-state index contributed by atoms with van der Waals surface area (Å²) < 4.78 is 17.5. The number of carbonyl (C=O) groups excluding carboxylic acids is 2. The zero-order valence-electron chi connectivity index (χ0n) is 14.0. The highest BCUT2D eigenvalue weighted by molar-refractivity contribution is 6.65. The van der Waals surface area contributed by atoms with Gasteiger partial charge in [0.1, 0.15) is 0 Å². The molecule has 18 heavy (non-hydrogen) atoms. The summed E-state index contributed by atoms with van der Waals surface area (Å²) in [5.74, 6) is -1.67. The molecule has 100 valence electrons. The lowest BCUT2D eigenvalue weighted by Crippen LogP contribution is -2.35. The summed E-state index contributed by atoms with van der Waals surface area (Å²) in [4.78, 5) is 21.7. The van der Waals surface area contributed by atoms with Crippen molar-refractivity contribution in [3.63, 3.8) is 0 Å². The molecule has 0 aromatic carbocycles. The minimum Gasteiger partial charge on any atom is -0.396 e. The summed E-state index contributed by atoms with van der Waals surface area (Å²) in [6, 6.07) is 0. The molecular formula is C12H23B2NO3. The predicted octanol–water partition coefficient (Wildman–Crippen LogP) is 2.27. The number of hydrogen-bond acceptors (Lipinski definition) is 3. The van der Waals surface area contributed by atoms with Gasteiger partial charge in [-0.3, -0.25) is 9.59 Å². The second kappa shape index (κ2) is 18.1. The van der Waals surface area contributed by atoms with Crippen LogP contribution in [0.15, 0.2) is 25.3 Å². The highest BCUT2D eigenvalue weighted by Crippen LogP contribution is 1.93. The molecule has 4 radical (unpaired) electrons. The number of hydrogen-bond donors (Lipinski definition) is 1. The standard InChI is InChI=1S/C6H7B2NO2.C4H8O.2CH4/c1-2-3-4-9(5(7)10)6(8)11;1-2-3-4-5;;/h2H,1,3-4H2;2,5H,1,3-4H2;2*1H4/i;;1D2;1D. The molecule has 0 saturated carbocycles. The minimum atomic E-state index is -0.834. The van der Waals surface area contributed by atoms with Crippen LogP contribution < -0.4 is 0 Å². The highest BCUT2D eigenvalue weighted by atomic mass is 16.2. The van der Waals surface area contributed by atoms with Gasteiger partial charge in [-0.25, -0.2) is 0 Å². The summed E-state index contributed by atoms with van der Waals surface area (Å²) in [5, 5.41) is 8.00. The Kier molecular flexibility index (Phi) is 16.8. The molecule has 2 amide bonds. The lowest BCUT2D eigenvalue weighted by molar-refractivity contribution is 0.215. The monoisotopic (exact) mass is 254 g/mol. The Bertz CT molecular complexity index is 256. The Morgan fingerprint density at radius 1 is 1.28 bits per heavy atom. The molecule has 0 bridgehead atoms. The minimum absolute atomic E-state index is 0.189. The zero-order chi connectivity index (χ0) is 17.7. The van der Waals surface area contributed by atoms with Gasteiger partial charge in [0, 0.05) is 17.3 Å². The Morgan fingerprint density at radius 3 is 1.83 bits per heavy atom. The van der Waals surface area contributed by atoms with Crippen molar-refractivity contribution >= 4 is 27.3 Å². The maximum atomic E-state index is 10.5. The first-order chi connectivity index (χ1) is 9.92. The Balaban J connectivity index is -0.000000120. The highest BCUT2D eigenvalue weighted by Gasteiger charge is 2.09. The molecule has 1 N–H and O–H groups in total. The number of aliphatic hydroxyl groups excluding tert-OH is 1. The summed E-state index contributed by atoms with van der Waals surface area (Å²) in [5.41, 5.74) is 0. The van der Waals surface area contributed by atoms with E-state index < -0.39 is 11.6 Å². The van der Waals surface area contributed by atoms with Crippen LogP contribution in [0.25, 0.3) is 0 Å². The van der Waals surface area contributed by atoms with E-state index in [0.717, 1.165) is 4.90 Å². The van der Waals surface area contributed by atoms with Crippen LogP contribution in [0.4, 0.5) is 9.59 Å². The fourth-order valence-corrected chi connectivity index (χ4v) is 0.641. The van der Waals surface area contributed by atoms with Gasteiger partial charge in [0.05, 0.1) is 0 Å². The van der Waals surface area contributed by atoms with Gasteiger partial charge in [-0.15, -0.1) is 13.2 Å². The van der Waals surface area contributed by atoms with E-state index in [1.807, 2.05) is 0 Å². The lowest BCUT2D eigenvalue weighted by atomic mass is 10.0. The molecule has 0 spiro atoms. The molecule has 0 aromatic rings. The maximum Gasteiger partial charge on any atom is 0.201 e. The van der Waals surface area contributed by atoms with Gasteiger partial charge in [-0.1, -0.05) is 26.9 Å². The van der Waals surface area contributed by atoms with E-state index in [1.54, 1.807) is 12.2 Å². The summed E-state index contributed by atoms with van der Waals surface area (Å²) >= 11 is 0. The quantitative estimate of drug-likeness (QED) is 0.604. The smallest absolute Gasteiger partial charge is 0.201 e. The molecule has 0 aliphatic heterocycles. The number of rotatable bonds is 5. The lowest BCUT2D eigenvalue weighted by Gasteiger charge is -2.16. The third-order valence-electron chi connectivity index (χ3n) is 1.42. The molecule has 0 fully saturated rings. The van der Waals surface area contributed by atoms with Crippen LogP contribution in [0.1, 0.15) is 31.7 Å². The molecule has 6 heteroatoms. The molecule has 4 nitrogen and oxygen atoms in total. The van der Waals surface area contributed by atoms with E-state index in [0.29, 0.717) is 12.8 Å². The van der Waals surface area contributed by atoms with Crippen LogP contribution in [0.5, 0.6) is 0 Å². The molecule has 0 aliphatic rings. The average Bonchev–Trinajstić information content (AvgIpc) is 2.43. The second-order valence-corrected chi connectivity index (χ2v) is 2.71. The predicted molar refractivity (Wildman–Crippen MR) is 79.2 cm³/mol. The van der Waals surface area contributed by atoms with Crippen LogP contribution in [-0.4, -0.2) is 50.5 Å². The first-order valence-corrected chi connectivity index (χ1v) is 4.70. The van der Waals surface area contributed by atoms with Crippen LogP contribution in [0.2, 0.25) is 0 Å². The van der Waals surface area contributed by atoms with Crippen molar-refractivity contribution < 1.29 is 18.8 Å². The average molecular weight is 254 g/mol. The summed E-state index contributed by atoms with van der Waals surface area (Å²) in [6.07, 6.45) is 4.45. The maximum absolute atomic E-state index is 10.5. The van der Waals surface area contributed by atoms with Crippen LogP contribution >= 0.6 is 0 Å². The van der Waals surface area contributed by atoms with Gasteiger partial charge < -0.3 is 10.0 Å². The molecule has 0 unspecified atom stereocenters.